The number of fused-ring (bicyclic) bond motifs is 1. The maximum Gasteiger partial charge on any atom is 0.219 e. The van der Waals surface area contributed by atoms with Crippen molar-refractivity contribution in [3.05, 3.63) is 23.8 Å². The van der Waals surface area contributed by atoms with Crippen molar-refractivity contribution in [1.29, 1.82) is 0 Å². The average molecular weight is 287 g/mol. The third-order valence-electron chi connectivity index (χ3n) is 4.64. The normalized spacial score (nSPS) is 22.3. The first-order chi connectivity index (χ1) is 10.1. The molecule has 0 aliphatic carbocycles. The van der Waals surface area contributed by atoms with Crippen molar-refractivity contribution in [3.63, 3.8) is 0 Å². The highest BCUT2D eigenvalue weighted by Gasteiger charge is 2.19. The molecule has 0 radical (unpaired) electrons. The molecule has 1 fully saturated rings. The van der Waals surface area contributed by atoms with Gasteiger partial charge in [-0.3, -0.25) is 4.79 Å². The van der Waals surface area contributed by atoms with Gasteiger partial charge < -0.3 is 15.1 Å². The molecule has 0 aromatic heterocycles. The second-order valence-corrected chi connectivity index (χ2v) is 6.27. The summed E-state index contributed by atoms with van der Waals surface area (Å²) in [7, 11) is 0. The zero-order valence-corrected chi connectivity index (χ0v) is 13.1. The largest absolute Gasteiger partial charge is 0.382 e. The molecule has 3 rings (SSSR count). The number of benzene rings is 1. The number of carbonyl (C=O) groups excluding carboxylic acids is 1. The second kappa shape index (κ2) is 5.96. The predicted octanol–water partition coefficient (Wildman–Crippen LogP) is 2.49. The van der Waals surface area contributed by atoms with E-state index in [4.69, 9.17) is 0 Å². The van der Waals surface area contributed by atoms with Gasteiger partial charge in [-0.1, -0.05) is 0 Å². The quantitative estimate of drug-likeness (QED) is 0.862. The van der Waals surface area contributed by atoms with E-state index in [-0.39, 0.29) is 5.91 Å². The topological polar surface area (TPSA) is 35.6 Å². The molecule has 114 valence electrons. The highest BCUT2D eigenvalue weighted by Crippen LogP contribution is 2.29. The summed E-state index contributed by atoms with van der Waals surface area (Å²) in [6, 6.07) is 7.34. The highest BCUT2D eigenvalue weighted by atomic mass is 16.2. The molecule has 1 saturated heterocycles. The maximum absolute atomic E-state index is 11.5. The molecule has 1 atom stereocenters. The number of nitrogens with zero attached hydrogens (tertiary/aromatic N) is 2. The van der Waals surface area contributed by atoms with Crippen LogP contribution in [0.4, 0.5) is 11.4 Å². The summed E-state index contributed by atoms with van der Waals surface area (Å²) < 4.78 is 0. The number of amides is 1. The van der Waals surface area contributed by atoms with Gasteiger partial charge in [0.05, 0.1) is 0 Å². The zero-order chi connectivity index (χ0) is 14.8. The molecule has 0 saturated carbocycles. The molecule has 2 aliphatic heterocycles. The summed E-state index contributed by atoms with van der Waals surface area (Å²) in [6.07, 6.45) is 3.41. The number of carbonyl (C=O) groups is 1. The summed E-state index contributed by atoms with van der Waals surface area (Å²) in [4.78, 5) is 15.9. The van der Waals surface area contributed by atoms with Crippen LogP contribution < -0.4 is 10.2 Å². The van der Waals surface area contributed by atoms with Gasteiger partial charge in [0.15, 0.2) is 0 Å². The third kappa shape index (κ3) is 3.14. The van der Waals surface area contributed by atoms with E-state index in [0.29, 0.717) is 6.04 Å². The molecule has 4 nitrogen and oxygen atoms in total. The fraction of sp³-hybridized carbons (Fsp3) is 0.588. The Labute approximate surface area is 127 Å². The Morgan fingerprint density at radius 2 is 2.10 bits per heavy atom. The minimum atomic E-state index is 0.195. The minimum absolute atomic E-state index is 0.195. The number of nitrogens with one attached hydrogen (secondary N) is 1. The van der Waals surface area contributed by atoms with Crippen LogP contribution in [0.3, 0.4) is 0 Å². The van der Waals surface area contributed by atoms with Crippen LogP contribution in [0.25, 0.3) is 0 Å². The SMILES string of the molecule is CC(=O)N1CCCN(c2ccc3c(c2)CCC(C)N3)CC1. The maximum atomic E-state index is 11.5. The number of rotatable bonds is 1. The van der Waals surface area contributed by atoms with Crippen LogP contribution in [-0.2, 0) is 11.2 Å². The fourth-order valence-electron chi connectivity index (χ4n) is 3.32. The minimum Gasteiger partial charge on any atom is -0.382 e. The lowest BCUT2D eigenvalue weighted by molar-refractivity contribution is -0.128. The van der Waals surface area contributed by atoms with Crippen molar-refractivity contribution in [3.8, 4) is 0 Å². The molecule has 1 aromatic rings. The molecule has 2 aliphatic rings. The van der Waals surface area contributed by atoms with Crippen molar-refractivity contribution in [1.82, 2.24) is 4.90 Å². The molecule has 1 N–H and O–H groups in total. The fourth-order valence-corrected chi connectivity index (χ4v) is 3.32. The standard InChI is InChI=1S/C17H25N3O/c1-13-4-5-15-12-16(6-7-17(15)18-13)20-9-3-8-19(10-11-20)14(2)21/h6-7,12-13,18H,3-5,8-11H2,1-2H3. The van der Waals surface area contributed by atoms with E-state index in [2.05, 4.69) is 35.3 Å². The van der Waals surface area contributed by atoms with Crippen molar-refractivity contribution >= 4 is 17.3 Å². The first-order valence-electron chi connectivity index (χ1n) is 8.03. The van der Waals surface area contributed by atoms with Gasteiger partial charge in [0.25, 0.3) is 0 Å². The first kappa shape index (κ1) is 14.2. The van der Waals surface area contributed by atoms with E-state index in [1.165, 1.54) is 23.4 Å². The van der Waals surface area contributed by atoms with Crippen LogP contribution in [0.15, 0.2) is 18.2 Å². The zero-order valence-electron chi connectivity index (χ0n) is 13.1. The number of hydrogen-bond donors (Lipinski definition) is 1. The lowest BCUT2D eigenvalue weighted by Crippen LogP contribution is -2.33. The van der Waals surface area contributed by atoms with Crippen molar-refractivity contribution in [2.24, 2.45) is 0 Å². The smallest absolute Gasteiger partial charge is 0.219 e. The molecular weight excluding hydrogens is 262 g/mol. The molecule has 1 amide bonds. The van der Waals surface area contributed by atoms with Crippen LogP contribution >= 0.6 is 0 Å². The van der Waals surface area contributed by atoms with E-state index in [9.17, 15) is 4.79 Å². The van der Waals surface area contributed by atoms with Crippen LogP contribution in [0.5, 0.6) is 0 Å². The van der Waals surface area contributed by atoms with Crippen LogP contribution in [-0.4, -0.2) is 43.0 Å². The van der Waals surface area contributed by atoms with Gasteiger partial charge in [-0.2, -0.15) is 0 Å². The summed E-state index contributed by atoms with van der Waals surface area (Å²) >= 11 is 0. The van der Waals surface area contributed by atoms with Gasteiger partial charge in [-0.05, 0) is 49.9 Å². The molecule has 1 unspecified atom stereocenters. The van der Waals surface area contributed by atoms with E-state index in [1.54, 1.807) is 6.92 Å². The average Bonchev–Trinajstić information content (AvgIpc) is 2.72. The predicted molar refractivity (Wildman–Crippen MR) is 86.9 cm³/mol. The van der Waals surface area contributed by atoms with E-state index < -0.39 is 0 Å². The summed E-state index contributed by atoms with van der Waals surface area (Å²) in [5.74, 6) is 0.195. The van der Waals surface area contributed by atoms with Crippen molar-refractivity contribution in [2.75, 3.05) is 36.4 Å². The van der Waals surface area contributed by atoms with Crippen LogP contribution in [0.1, 0.15) is 32.3 Å². The number of hydrogen-bond acceptors (Lipinski definition) is 3. The Morgan fingerprint density at radius 1 is 1.24 bits per heavy atom. The highest BCUT2D eigenvalue weighted by molar-refractivity contribution is 5.73. The molecule has 1 aromatic carbocycles. The first-order valence-corrected chi connectivity index (χ1v) is 8.03. The second-order valence-electron chi connectivity index (χ2n) is 6.27. The monoisotopic (exact) mass is 287 g/mol. The third-order valence-corrected chi connectivity index (χ3v) is 4.64. The van der Waals surface area contributed by atoms with Gasteiger partial charge >= 0.3 is 0 Å². The summed E-state index contributed by atoms with van der Waals surface area (Å²) in [6.45, 7) is 7.59. The van der Waals surface area contributed by atoms with Crippen LogP contribution in [0.2, 0.25) is 0 Å². The van der Waals surface area contributed by atoms with Gasteiger partial charge in [0.2, 0.25) is 5.91 Å². The molecule has 0 bridgehead atoms. The number of aryl methyl sites for hydroxylation is 1. The summed E-state index contributed by atoms with van der Waals surface area (Å²) in [5.41, 5.74) is 4.02. The van der Waals surface area contributed by atoms with Gasteiger partial charge in [-0.15, -0.1) is 0 Å². The molecular formula is C17H25N3O. The van der Waals surface area contributed by atoms with Crippen molar-refractivity contribution < 1.29 is 4.79 Å². The molecule has 21 heavy (non-hydrogen) atoms. The Hall–Kier alpha value is -1.71. The Bertz CT molecular complexity index is 529. The molecule has 0 spiro atoms. The van der Waals surface area contributed by atoms with Gasteiger partial charge in [0.1, 0.15) is 0 Å². The van der Waals surface area contributed by atoms with Gasteiger partial charge in [0, 0.05) is 50.5 Å². The Morgan fingerprint density at radius 3 is 2.90 bits per heavy atom. The Kier molecular flexibility index (Phi) is 4.04. The number of anilines is 2. The van der Waals surface area contributed by atoms with E-state index >= 15 is 0 Å². The lowest BCUT2D eigenvalue weighted by atomic mass is 9.98. The van der Waals surface area contributed by atoms with E-state index in [0.717, 1.165) is 39.0 Å². The summed E-state index contributed by atoms with van der Waals surface area (Å²) in [5, 5.41) is 3.55. The van der Waals surface area contributed by atoms with Crippen LogP contribution in [0, 0.1) is 0 Å². The van der Waals surface area contributed by atoms with Crippen molar-refractivity contribution in [2.45, 2.75) is 39.2 Å². The molecule has 2 heterocycles. The van der Waals surface area contributed by atoms with E-state index in [1.807, 2.05) is 4.90 Å². The van der Waals surface area contributed by atoms with Gasteiger partial charge in [-0.25, -0.2) is 0 Å². The Balaban J connectivity index is 1.73. The lowest BCUT2D eigenvalue weighted by Gasteiger charge is -2.28. The molecule has 4 heteroatoms.